The summed E-state index contributed by atoms with van der Waals surface area (Å²) in [6.45, 7) is 1.08. The van der Waals surface area contributed by atoms with Crippen LogP contribution in [0.1, 0.15) is 35.2 Å². The van der Waals surface area contributed by atoms with Gasteiger partial charge in [0.15, 0.2) is 5.78 Å². The van der Waals surface area contributed by atoms with Crippen molar-refractivity contribution in [1.82, 2.24) is 4.57 Å². The number of aliphatic hydroxyl groups excluding tert-OH is 1. The summed E-state index contributed by atoms with van der Waals surface area (Å²) in [5.74, 6) is 0.0819. The first-order valence-corrected chi connectivity index (χ1v) is 9.04. The van der Waals surface area contributed by atoms with E-state index in [1.807, 2.05) is 54.7 Å². The smallest absolute Gasteiger partial charge is 0.169 e. The highest BCUT2D eigenvalue weighted by Crippen LogP contribution is 2.25. The summed E-state index contributed by atoms with van der Waals surface area (Å²) >= 11 is 6.20. The van der Waals surface area contributed by atoms with Crippen LogP contribution in [0.2, 0.25) is 5.02 Å². The highest BCUT2D eigenvalue weighted by molar-refractivity contribution is 6.31. The first-order chi connectivity index (χ1) is 12.2. The molecular formula is C21H22ClNO2. The summed E-state index contributed by atoms with van der Waals surface area (Å²) in [6, 6.07) is 15.5. The second-order valence-corrected chi connectivity index (χ2v) is 6.64. The minimum Gasteiger partial charge on any atom is -0.396 e. The van der Waals surface area contributed by atoms with Gasteiger partial charge in [-0.05, 0) is 37.0 Å². The number of hydrogen-bond acceptors (Lipinski definition) is 2. The standard InChI is InChI=1S/C21H22ClNO2/c22-19-10-4-2-8-16(19)14-21(25)18-15-23(12-6-1-7-13-24)20-11-5-3-9-17(18)20/h2-5,8-11,15,24H,1,6-7,12-14H2. The van der Waals surface area contributed by atoms with Crippen LogP contribution in [0.25, 0.3) is 10.9 Å². The number of hydrogen-bond donors (Lipinski definition) is 1. The number of aliphatic hydroxyl groups is 1. The molecule has 3 aromatic rings. The number of para-hydroxylation sites is 1. The number of benzene rings is 2. The van der Waals surface area contributed by atoms with E-state index in [-0.39, 0.29) is 12.4 Å². The number of aryl methyl sites for hydroxylation is 1. The summed E-state index contributed by atoms with van der Waals surface area (Å²) in [5, 5.41) is 10.5. The molecule has 25 heavy (non-hydrogen) atoms. The zero-order chi connectivity index (χ0) is 17.6. The van der Waals surface area contributed by atoms with Crippen molar-refractivity contribution in [1.29, 1.82) is 0 Å². The van der Waals surface area contributed by atoms with E-state index < -0.39 is 0 Å². The Bertz CT molecular complexity index is 869. The Balaban J connectivity index is 1.85. The fourth-order valence-corrected chi connectivity index (χ4v) is 3.34. The second kappa shape index (κ2) is 8.32. The Morgan fingerprint density at radius 1 is 1.00 bits per heavy atom. The molecule has 3 rings (SSSR count). The van der Waals surface area contributed by atoms with Crippen LogP contribution in [0.4, 0.5) is 0 Å². The average Bonchev–Trinajstić information content (AvgIpc) is 3.00. The highest BCUT2D eigenvalue weighted by atomic mass is 35.5. The van der Waals surface area contributed by atoms with Crippen molar-refractivity contribution in [2.45, 2.75) is 32.2 Å². The zero-order valence-electron chi connectivity index (χ0n) is 14.1. The summed E-state index contributed by atoms with van der Waals surface area (Å²) in [6.07, 6.45) is 5.04. The number of carbonyl (C=O) groups is 1. The third kappa shape index (κ3) is 4.12. The highest BCUT2D eigenvalue weighted by Gasteiger charge is 2.16. The van der Waals surface area contributed by atoms with Gasteiger partial charge in [-0.1, -0.05) is 48.0 Å². The number of aromatic nitrogens is 1. The molecule has 0 spiro atoms. The van der Waals surface area contributed by atoms with Gasteiger partial charge < -0.3 is 9.67 Å². The molecule has 0 atom stereocenters. The Labute approximate surface area is 152 Å². The zero-order valence-corrected chi connectivity index (χ0v) is 14.9. The molecule has 0 aliphatic heterocycles. The molecule has 1 aromatic heterocycles. The Morgan fingerprint density at radius 3 is 2.56 bits per heavy atom. The molecule has 2 aromatic carbocycles. The maximum absolute atomic E-state index is 12.9. The molecule has 0 bridgehead atoms. The van der Waals surface area contributed by atoms with Crippen LogP contribution in [-0.4, -0.2) is 22.1 Å². The lowest BCUT2D eigenvalue weighted by atomic mass is 10.0. The van der Waals surface area contributed by atoms with Crippen molar-refractivity contribution in [3.05, 3.63) is 70.9 Å². The summed E-state index contributed by atoms with van der Waals surface area (Å²) in [7, 11) is 0. The molecule has 3 nitrogen and oxygen atoms in total. The van der Waals surface area contributed by atoms with Crippen LogP contribution in [0.15, 0.2) is 54.7 Å². The molecule has 0 saturated carbocycles. The van der Waals surface area contributed by atoms with Gasteiger partial charge in [0, 0.05) is 47.3 Å². The SMILES string of the molecule is O=C(Cc1ccccc1Cl)c1cn(CCCCCO)c2ccccc12. The Kier molecular flexibility index (Phi) is 5.90. The third-order valence-corrected chi connectivity index (χ3v) is 4.82. The van der Waals surface area contributed by atoms with Crippen molar-refractivity contribution in [2.75, 3.05) is 6.61 Å². The van der Waals surface area contributed by atoms with Gasteiger partial charge >= 0.3 is 0 Å². The number of halogens is 1. The maximum Gasteiger partial charge on any atom is 0.169 e. The van der Waals surface area contributed by atoms with Crippen LogP contribution in [-0.2, 0) is 13.0 Å². The minimum absolute atomic E-state index is 0.0819. The number of Topliss-reactive ketones (excluding diaryl/α,β-unsaturated/α-hetero) is 1. The molecule has 0 amide bonds. The van der Waals surface area contributed by atoms with E-state index in [2.05, 4.69) is 4.57 Å². The summed E-state index contributed by atoms with van der Waals surface area (Å²) in [4.78, 5) is 12.9. The van der Waals surface area contributed by atoms with Crippen molar-refractivity contribution < 1.29 is 9.90 Å². The van der Waals surface area contributed by atoms with Crippen molar-refractivity contribution in [2.24, 2.45) is 0 Å². The van der Waals surface area contributed by atoms with Gasteiger partial charge in [0.2, 0.25) is 0 Å². The number of rotatable bonds is 8. The van der Waals surface area contributed by atoms with E-state index in [4.69, 9.17) is 16.7 Å². The molecule has 0 radical (unpaired) electrons. The van der Waals surface area contributed by atoms with Gasteiger partial charge in [0.05, 0.1) is 0 Å². The predicted molar refractivity (Wildman–Crippen MR) is 102 cm³/mol. The van der Waals surface area contributed by atoms with E-state index in [9.17, 15) is 4.79 Å². The monoisotopic (exact) mass is 355 g/mol. The lowest BCUT2D eigenvalue weighted by Crippen LogP contribution is -2.04. The van der Waals surface area contributed by atoms with Crippen LogP contribution in [0, 0.1) is 0 Å². The van der Waals surface area contributed by atoms with Crippen LogP contribution in [0.3, 0.4) is 0 Å². The minimum atomic E-state index is 0.0819. The first-order valence-electron chi connectivity index (χ1n) is 8.66. The molecule has 0 aliphatic rings. The number of nitrogens with zero attached hydrogens (tertiary/aromatic N) is 1. The van der Waals surface area contributed by atoms with E-state index >= 15 is 0 Å². The van der Waals surface area contributed by atoms with Gasteiger partial charge in [-0.25, -0.2) is 0 Å². The van der Waals surface area contributed by atoms with E-state index in [1.54, 1.807) is 0 Å². The lowest BCUT2D eigenvalue weighted by molar-refractivity contribution is 0.0994. The molecule has 0 saturated heterocycles. The van der Waals surface area contributed by atoms with Crippen molar-refractivity contribution in [3.8, 4) is 0 Å². The second-order valence-electron chi connectivity index (χ2n) is 6.23. The lowest BCUT2D eigenvalue weighted by Gasteiger charge is -2.04. The first kappa shape index (κ1) is 17.7. The largest absolute Gasteiger partial charge is 0.396 e. The fraction of sp³-hybridized carbons (Fsp3) is 0.286. The van der Waals surface area contributed by atoms with E-state index in [0.29, 0.717) is 11.4 Å². The maximum atomic E-state index is 12.9. The van der Waals surface area contributed by atoms with Crippen LogP contribution in [0.5, 0.6) is 0 Å². The normalized spacial score (nSPS) is 11.1. The van der Waals surface area contributed by atoms with Crippen LogP contribution < -0.4 is 0 Å². The van der Waals surface area contributed by atoms with E-state index in [1.165, 1.54) is 0 Å². The number of ketones is 1. The fourth-order valence-electron chi connectivity index (χ4n) is 3.13. The van der Waals surface area contributed by atoms with Gasteiger partial charge in [-0.3, -0.25) is 4.79 Å². The Morgan fingerprint density at radius 2 is 1.76 bits per heavy atom. The molecule has 4 heteroatoms. The average molecular weight is 356 g/mol. The molecular weight excluding hydrogens is 334 g/mol. The molecule has 0 unspecified atom stereocenters. The van der Waals surface area contributed by atoms with Gasteiger partial charge in [-0.2, -0.15) is 0 Å². The van der Waals surface area contributed by atoms with Gasteiger partial charge in [0.1, 0.15) is 0 Å². The molecule has 130 valence electrons. The number of fused-ring (bicyclic) bond motifs is 1. The number of carbonyl (C=O) groups excluding carboxylic acids is 1. The molecule has 0 aliphatic carbocycles. The van der Waals surface area contributed by atoms with Crippen molar-refractivity contribution >= 4 is 28.3 Å². The van der Waals surface area contributed by atoms with Crippen molar-refractivity contribution in [3.63, 3.8) is 0 Å². The van der Waals surface area contributed by atoms with E-state index in [0.717, 1.165) is 47.8 Å². The molecule has 1 heterocycles. The molecule has 0 fully saturated rings. The van der Waals surface area contributed by atoms with Gasteiger partial charge in [0.25, 0.3) is 0 Å². The Hall–Kier alpha value is -2.10. The summed E-state index contributed by atoms with van der Waals surface area (Å²) < 4.78 is 2.15. The van der Waals surface area contributed by atoms with Gasteiger partial charge in [-0.15, -0.1) is 0 Å². The van der Waals surface area contributed by atoms with Crippen LogP contribution >= 0.6 is 11.6 Å². The predicted octanol–water partition coefficient (Wildman–Crippen LogP) is 4.88. The third-order valence-electron chi connectivity index (χ3n) is 4.45. The summed E-state index contributed by atoms with van der Waals surface area (Å²) in [5.41, 5.74) is 2.68. The molecule has 1 N–H and O–H groups in total. The topological polar surface area (TPSA) is 42.2 Å². The number of unbranched alkanes of at least 4 members (excludes halogenated alkanes) is 2. The quantitative estimate of drug-likeness (QED) is 0.462.